The van der Waals surface area contributed by atoms with E-state index in [2.05, 4.69) is 19.9 Å². The number of para-hydroxylation sites is 2. The normalized spacial score (nSPS) is 17.5. The lowest BCUT2D eigenvalue weighted by Crippen LogP contribution is -2.37. The Morgan fingerprint density at radius 2 is 2.03 bits per heavy atom. The van der Waals surface area contributed by atoms with Crippen LogP contribution in [0, 0.1) is 0 Å². The summed E-state index contributed by atoms with van der Waals surface area (Å²) in [6.45, 7) is 0.273. The molecule has 1 unspecified atom stereocenters. The van der Waals surface area contributed by atoms with Crippen LogP contribution in [0.5, 0.6) is 0 Å². The molecule has 10 heteroatoms. The van der Waals surface area contributed by atoms with Gasteiger partial charge in [0.25, 0.3) is 0 Å². The number of benzene rings is 1. The lowest BCUT2D eigenvalue weighted by atomic mass is 10.1. The van der Waals surface area contributed by atoms with Crippen molar-refractivity contribution >= 4 is 38.2 Å². The van der Waals surface area contributed by atoms with Crippen LogP contribution in [-0.4, -0.2) is 39.2 Å². The molecule has 0 fully saturated rings. The number of hydrogen-bond donors (Lipinski definition) is 2. The molecule has 152 valence electrons. The van der Waals surface area contributed by atoms with E-state index in [-0.39, 0.29) is 17.3 Å². The molecule has 0 saturated heterocycles. The molecule has 4 heterocycles. The molecular formula is C20H18N6O2S2. The Balaban J connectivity index is 1.58. The third kappa shape index (κ3) is 3.18. The summed E-state index contributed by atoms with van der Waals surface area (Å²) in [7, 11) is -3.65. The minimum Gasteiger partial charge on any atom is -0.382 e. The van der Waals surface area contributed by atoms with Crippen molar-refractivity contribution in [2.45, 2.75) is 17.4 Å². The number of nitrogens with two attached hydrogens (primary N) is 1. The number of fused-ring (bicyclic) bond motifs is 1. The van der Waals surface area contributed by atoms with Gasteiger partial charge < -0.3 is 10.7 Å². The van der Waals surface area contributed by atoms with Gasteiger partial charge in [-0.15, -0.1) is 0 Å². The van der Waals surface area contributed by atoms with Gasteiger partial charge >= 0.3 is 0 Å². The molecule has 0 saturated carbocycles. The lowest BCUT2D eigenvalue weighted by molar-refractivity contribution is 0.333. The van der Waals surface area contributed by atoms with E-state index in [4.69, 9.17) is 5.73 Å². The lowest BCUT2D eigenvalue weighted by Gasteiger charge is -2.31. The molecule has 0 bridgehead atoms. The first-order chi connectivity index (χ1) is 14.5. The number of rotatable bonds is 4. The van der Waals surface area contributed by atoms with Crippen molar-refractivity contribution in [3.05, 3.63) is 65.1 Å². The van der Waals surface area contributed by atoms with Crippen molar-refractivity contribution in [1.82, 2.24) is 24.2 Å². The van der Waals surface area contributed by atoms with Crippen LogP contribution >= 0.6 is 11.3 Å². The van der Waals surface area contributed by atoms with Crippen molar-refractivity contribution in [2.75, 3.05) is 12.3 Å². The van der Waals surface area contributed by atoms with Gasteiger partial charge in [-0.05, 0) is 30.0 Å². The smallest absolute Gasteiger partial charge is 0.244 e. The topological polar surface area (TPSA) is 118 Å². The number of aromatic nitrogens is 4. The summed E-state index contributed by atoms with van der Waals surface area (Å²) < 4.78 is 27.8. The zero-order valence-electron chi connectivity index (χ0n) is 15.8. The van der Waals surface area contributed by atoms with Crippen LogP contribution in [-0.2, 0) is 10.0 Å². The maximum absolute atomic E-state index is 13.2. The Hall–Kier alpha value is -3.08. The quantitative estimate of drug-likeness (QED) is 0.472. The molecule has 0 amide bonds. The molecule has 3 N–H and O–H groups in total. The van der Waals surface area contributed by atoms with E-state index in [0.29, 0.717) is 23.6 Å². The monoisotopic (exact) mass is 438 g/mol. The van der Waals surface area contributed by atoms with Gasteiger partial charge in [0.15, 0.2) is 11.6 Å². The van der Waals surface area contributed by atoms with Crippen LogP contribution < -0.4 is 5.73 Å². The highest BCUT2D eigenvalue weighted by molar-refractivity contribution is 7.89. The Morgan fingerprint density at radius 3 is 2.83 bits per heavy atom. The van der Waals surface area contributed by atoms with E-state index in [0.717, 1.165) is 11.0 Å². The molecule has 1 aliphatic rings. The van der Waals surface area contributed by atoms with Crippen LogP contribution in [0.15, 0.2) is 64.3 Å². The second kappa shape index (κ2) is 7.31. The number of nitrogens with zero attached hydrogens (tertiary/aromatic N) is 4. The first-order valence-corrected chi connectivity index (χ1v) is 11.7. The van der Waals surface area contributed by atoms with Gasteiger partial charge in [0, 0.05) is 11.9 Å². The Labute approximate surface area is 177 Å². The molecule has 5 rings (SSSR count). The predicted octanol–water partition coefficient (Wildman–Crippen LogP) is 3.36. The standard InChI is InChI=1S/C20H18N6O2S2/c21-19-18(20-24-14-5-1-2-6-15(14)25-20)23-16(11-22-19)17-7-3-4-9-26(17)30(27,28)13-8-10-29-12-13/h1-6,8,10-12,17H,7,9H2,(H2,21,22)(H,24,25). The fourth-order valence-corrected chi connectivity index (χ4v) is 6.11. The minimum absolute atomic E-state index is 0.233. The third-order valence-electron chi connectivity index (χ3n) is 5.04. The van der Waals surface area contributed by atoms with Crippen molar-refractivity contribution in [2.24, 2.45) is 0 Å². The average Bonchev–Trinajstić information content (AvgIpc) is 3.44. The molecule has 0 spiro atoms. The van der Waals surface area contributed by atoms with E-state index >= 15 is 0 Å². The highest BCUT2D eigenvalue weighted by atomic mass is 32.2. The molecule has 1 aromatic carbocycles. The summed E-state index contributed by atoms with van der Waals surface area (Å²) in [4.78, 5) is 17.0. The van der Waals surface area contributed by atoms with Gasteiger partial charge in [-0.3, -0.25) is 0 Å². The largest absolute Gasteiger partial charge is 0.382 e. The van der Waals surface area contributed by atoms with Gasteiger partial charge in [-0.1, -0.05) is 24.3 Å². The Bertz CT molecular complexity index is 1310. The number of sulfonamides is 1. The molecule has 0 aliphatic carbocycles. The van der Waals surface area contributed by atoms with E-state index in [1.54, 1.807) is 23.0 Å². The number of nitrogens with one attached hydrogen (secondary N) is 1. The number of H-pyrrole nitrogens is 1. The summed E-state index contributed by atoms with van der Waals surface area (Å²) in [5.41, 5.74) is 8.69. The minimum atomic E-state index is -3.65. The number of nitrogen functional groups attached to an aromatic ring is 1. The highest BCUT2D eigenvalue weighted by Crippen LogP contribution is 2.34. The first kappa shape index (κ1) is 18.9. The third-order valence-corrected chi connectivity index (χ3v) is 7.74. The van der Waals surface area contributed by atoms with Crippen LogP contribution in [0.25, 0.3) is 22.6 Å². The molecule has 8 nitrogen and oxygen atoms in total. The molecule has 0 radical (unpaired) electrons. The molecule has 3 aromatic heterocycles. The van der Waals surface area contributed by atoms with E-state index in [1.807, 2.05) is 36.4 Å². The Morgan fingerprint density at radius 1 is 1.17 bits per heavy atom. The van der Waals surface area contributed by atoms with E-state index in [1.165, 1.54) is 15.6 Å². The predicted molar refractivity (Wildman–Crippen MR) is 116 cm³/mol. The maximum Gasteiger partial charge on any atom is 0.244 e. The van der Waals surface area contributed by atoms with Gasteiger partial charge in [0.05, 0.1) is 33.9 Å². The van der Waals surface area contributed by atoms with Crippen LogP contribution in [0.2, 0.25) is 0 Å². The van der Waals surface area contributed by atoms with Crippen molar-refractivity contribution in [1.29, 1.82) is 0 Å². The summed E-state index contributed by atoms with van der Waals surface area (Å²) in [6.07, 6.45) is 5.86. The number of thiophene rings is 1. The van der Waals surface area contributed by atoms with Crippen molar-refractivity contribution < 1.29 is 8.42 Å². The zero-order chi connectivity index (χ0) is 20.7. The van der Waals surface area contributed by atoms with E-state index in [9.17, 15) is 8.42 Å². The highest BCUT2D eigenvalue weighted by Gasteiger charge is 2.34. The van der Waals surface area contributed by atoms with Gasteiger partial charge in [0.2, 0.25) is 10.0 Å². The second-order valence-electron chi connectivity index (χ2n) is 6.89. The van der Waals surface area contributed by atoms with Crippen LogP contribution in [0.1, 0.15) is 18.2 Å². The molecule has 1 atom stereocenters. The summed E-state index contributed by atoms with van der Waals surface area (Å²) in [5, 5.41) is 3.39. The van der Waals surface area contributed by atoms with Gasteiger partial charge in [-0.25, -0.2) is 23.4 Å². The molecule has 4 aromatic rings. The summed E-state index contributed by atoms with van der Waals surface area (Å²) in [5.74, 6) is 0.734. The number of aromatic amines is 1. The molecule has 30 heavy (non-hydrogen) atoms. The Kier molecular flexibility index (Phi) is 4.61. The number of imidazole rings is 1. The second-order valence-corrected chi connectivity index (χ2v) is 9.56. The first-order valence-electron chi connectivity index (χ1n) is 9.30. The van der Waals surface area contributed by atoms with Crippen molar-refractivity contribution in [3.63, 3.8) is 0 Å². The van der Waals surface area contributed by atoms with Crippen molar-refractivity contribution in [3.8, 4) is 11.5 Å². The fourth-order valence-electron chi connectivity index (χ4n) is 3.53. The average molecular weight is 439 g/mol. The molecular weight excluding hydrogens is 420 g/mol. The summed E-state index contributed by atoms with van der Waals surface area (Å²) >= 11 is 1.35. The van der Waals surface area contributed by atoms with Gasteiger partial charge in [-0.2, -0.15) is 15.6 Å². The fraction of sp³-hybridized carbons (Fsp3) is 0.150. The summed E-state index contributed by atoms with van der Waals surface area (Å²) in [6, 6.07) is 8.77. The SMILES string of the molecule is Nc1ncc(C2CC=CCN2S(=O)(=O)c2ccsc2)nc1-c1nc2ccccc2[nH]1. The van der Waals surface area contributed by atoms with Crippen LogP contribution in [0.3, 0.4) is 0 Å². The van der Waals surface area contributed by atoms with Crippen LogP contribution in [0.4, 0.5) is 5.82 Å². The number of anilines is 1. The molecule has 1 aliphatic heterocycles. The number of hydrogen-bond acceptors (Lipinski definition) is 7. The zero-order valence-corrected chi connectivity index (χ0v) is 17.4. The van der Waals surface area contributed by atoms with Gasteiger partial charge in [0.1, 0.15) is 5.69 Å². The van der Waals surface area contributed by atoms with E-state index < -0.39 is 16.1 Å². The maximum atomic E-state index is 13.2.